The van der Waals surface area contributed by atoms with Crippen LogP contribution in [-0.4, -0.2) is 50.7 Å². The maximum absolute atomic E-state index is 12.4. The maximum Gasteiger partial charge on any atom is 0.254 e. The predicted molar refractivity (Wildman–Crippen MR) is 84.8 cm³/mol. The van der Waals surface area contributed by atoms with Crippen molar-refractivity contribution in [2.45, 2.75) is 24.8 Å². The standard InChI is InChI=1S/C14H20N2O3S.ClH/c1-3-20(18,19)13-6-4-12(5-7-13)14(17)16-9-8-15-10-11(16)2;/h4-7,11,15H,3,8-10H2,1-2H3;1H/t11-;/m1./s1. The van der Waals surface area contributed by atoms with Crippen LogP contribution in [0.3, 0.4) is 0 Å². The monoisotopic (exact) mass is 332 g/mol. The van der Waals surface area contributed by atoms with Crippen LogP contribution in [0.1, 0.15) is 24.2 Å². The fourth-order valence-corrected chi connectivity index (χ4v) is 3.16. The molecule has 0 radical (unpaired) electrons. The van der Waals surface area contributed by atoms with Gasteiger partial charge in [-0.15, -0.1) is 12.4 Å². The van der Waals surface area contributed by atoms with Crippen molar-refractivity contribution in [1.29, 1.82) is 0 Å². The summed E-state index contributed by atoms with van der Waals surface area (Å²) >= 11 is 0. The normalized spacial score (nSPS) is 19.0. The van der Waals surface area contributed by atoms with E-state index in [0.717, 1.165) is 13.1 Å². The van der Waals surface area contributed by atoms with Gasteiger partial charge < -0.3 is 10.2 Å². The molecule has 2 rings (SSSR count). The van der Waals surface area contributed by atoms with Crippen molar-refractivity contribution < 1.29 is 13.2 Å². The summed E-state index contributed by atoms with van der Waals surface area (Å²) in [4.78, 5) is 14.5. The number of benzene rings is 1. The molecule has 1 atom stereocenters. The van der Waals surface area contributed by atoms with Crippen molar-refractivity contribution in [2.24, 2.45) is 0 Å². The topological polar surface area (TPSA) is 66.5 Å². The molecule has 1 aromatic rings. The molecule has 0 spiro atoms. The molecule has 1 amide bonds. The molecular weight excluding hydrogens is 312 g/mol. The number of sulfone groups is 1. The number of carbonyl (C=O) groups excluding carboxylic acids is 1. The summed E-state index contributed by atoms with van der Waals surface area (Å²) in [6.07, 6.45) is 0. The van der Waals surface area contributed by atoms with E-state index >= 15 is 0 Å². The van der Waals surface area contributed by atoms with Crippen molar-refractivity contribution in [3.63, 3.8) is 0 Å². The van der Waals surface area contributed by atoms with Crippen LogP contribution in [0.2, 0.25) is 0 Å². The summed E-state index contributed by atoms with van der Waals surface area (Å²) in [5, 5.41) is 3.23. The van der Waals surface area contributed by atoms with Crippen LogP contribution in [0.25, 0.3) is 0 Å². The highest BCUT2D eigenvalue weighted by Crippen LogP contribution is 2.15. The molecule has 0 aliphatic carbocycles. The second-order valence-electron chi connectivity index (χ2n) is 4.98. The van der Waals surface area contributed by atoms with E-state index in [9.17, 15) is 13.2 Å². The van der Waals surface area contributed by atoms with Crippen molar-refractivity contribution >= 4 is 28.2 Å². The molecule has 1 aliphatic rings. The third-order valence-corrected chi connectivity index (χ3v) is 5.35. The molecule has 118 valence electrons. The summed E-state index contributed by atoms with van der Waals surface area (Å²) in [6.45, 7) is 5.86. The Labute approximate surface area is 132 Å². The molecular formula is C14H21ClN2O3S. The highest BCUT2D eigenvalue weighted by molar-refractivity contribution is 7.91. The van der Waals surface area contributed by atoms with Crippen molar-refractivity contribution in [3.8, 4) is 0 Å². The molecule has 1 aromatic carbocycles. The minimum atomic E-state index is -3.21. The van der Waals surface area contributed by atoms with Gasteiger partial charge in [0, 0.05) is 31.2 Å². The average molecular weight is 333 g/mol. The Morgan fingerprint density at radius 1 is 1.33 bits per heavy atom. The number of rotatable bonds is 3. The zero-order valence-corrected chi connectivity index (χ0v) is 13.8. The number of carbonyl (C=O) groups is 1. The Hall–Kier alpha value is -1.11. The van der Waals surface area contributed by atoms with Gasteiger partial charge in [-0.25, -0.2) is 8.42 Å². The Bertz CT molecular complexity index is 587. The van der Waals surface area contributed by atoms with E-state index in [-0.39, 0.29) is 35.0 Å². The summed E-state index contributed by atoms with van der Waals surface area (Å²) in [5.41, 5.74) is 0.536. The van der Waals surface area contributed by atoms with Gasteiger partial charge in [-0.3, -0.25) is 4.79 Å². The molecule has 0 aromatic heterocycles. The molecule has 0 saturated carbocycles. The summed E-state index contributed by atoms with van der Waals surface area (Å²) < 4.78 is 23.5. The fraction of sp³-hybridized carbons (Fsp3) is 0.500. The maximum atomic E-state index is 12.4. The fourth-order valence-electron chi connectivity index (χ4n) is 2.28. The van der Waals surface area contributed by atoms with Gasteiger partial charge in [0.1, 0.15) is 0 Å². The lowest BCUT2D eigenvalue weighted by Crippen LogP contribution is -2.52. The van der Waals surface area contributed by atoms with E-state index in [2.05, 4.69) is 5.32 Å². The summed E-state index contributed by atoms with van der Waals surface area (Å²) in [5.74, 6) is 0.0224. The van der Waals surface area contributed by atoms with Crippen LogP contribution in [-0.2, 0) is 9.84 Å². The predicted octanol–water partition coefficient (Wildman–Crippen LogP) is 1.34. The number of nitrogens with zero attached hydrogens (tertiary/aromatic N) is 1. The zero-order valence-electron chi connectivity index (χ0n) is 12.2. The van der Waals surface area contributed by atoms with Crippen LogP contribution in [0.4, 0.5) is 0 Å². The third kappa shape index (κ3) is 3.96. The van der Waals surface area contributed by atoms with Gasteiger partial charge in [-0.1, -0.05) is 6.92 Å². The minimum Gasteiger partial charge on any atom is -0.333 e. The second-order valence-corrected chi connectivity index (χ2v) is 7.26. The minimum absolute atomic E-state index is 0. The van der Waals surface area contributed by atoms with Crippen LogP contribution < -0.4 is 5.32 Å². The Morgan fingerprint density at radius 2 is 1.95 bits per heavy atom. The van der Waals surface area contributed by atoms with Crippen molar-refractivity contribution in [3.05, 3.63) is 29.8 Å². The number of piperazine rings is 1. The Balaban J connectivity index is 0.00000220. The van der Waals surface area contributed by atoms with E-state index in [1.54, 1.807) is 19.1 Å². The molecule has 1 N–H and O–H groups in total. The van der Waals surface area contributed by atoms with E-state index < -0.39 is 9.84 Å². The average Bonchev–Trinajstić information content (AvgIpc) is 2.47. The van der Waals surface area contributed by atoms with Crippen LogP contribution in [0.15, 0.2) is 29.2 Å². The largest absolute Gasteiger partial charge is 0.333 e. The molecule has 1 fully saturated rings. The number of nitrogens with one attached hydrogen (secondary N) is 1. The summed E-state index contributed by atoms with van der Waals surface area (Å²) in [6, 6.07) is 6.37. The van der Waals surface area contributed by atoms with Gasteiger partial charge in [-0.2, -0.15) is 0 Å². The third-order valence-electron chi connectivity index (χ3n) is 3.60. The SMILES string of the molecule is CCS(=O)(=O)c1ccc(C(=O)N2CCNC[C@H]2C)cc1.Cl. The molecule has 0 bridgehead atoms. The van der Waals surface area contributed by atoms with Gasteiger partial charge in [0.2, 0.25) is 0 Å². The lowest BCUT2D eigenvalue weighted by atomic mass is 10.1. The quantitative estimate of drug-likeness (QED) is 0.907. The van der Waals surface area contributed by atoms with Gasteiger partial charge in [0.05, 0.1) is 10.6 Å². The number of hydrogen-bond acceptors (Lipinski definition) is 4. The molecule has 1 saturated heterocycles. The first-order valence-electron chi connectivity index (χ1n) is 6.80. The molecule has 1 aliphatic heterocycles. The summed E-state index contributed by atoms with van der Waals surface area (Å²) in [7, 11) is -3.21. The second kappa shape index (κ2) is 7.24. The van der Waals surface area contributed by atoms with Crippen molar-refractivity contribution in [1.82, 2.24) is 10.2 Å². The van der Waals surface area contributed by atoms with Gasteiger partial charge in [0.15, 0.2) is 9.84 Å². The first-order chi connectivity index (χ1) is 9.45. The van der Waals surface area contributed by atoms with Crippen LogP contribution >= 0.6 is 12.4 Å². The lowest BCUT2D eigenvalue weighted by Gasteiger charge is -2.34. The van der Waals surface area contributed by atoms with Gasteiger partial charge >= 0.3 is 0 Å². The first kappa shape index (κ1) is 17.9. The smallest absolute Gasteiger partial charge is 0.254 e. The van der Waals surface area contributed by atoms with E-state index in [4.69, 9.17) is 0 Å². The number of hydrogen-bond donors (Lipinski definition) is 1. The highest BCUT2D eigenvalue weighted by atomic mass is 35.5. The first-order valence-corrected chi connectivity index (χ1v) is 8.45. The van der Waals surface area contributed by atoms with E-state index in [1.165, 1.54) is 12.1 Å². The van der Waals surface area contributed by atoms with E-state index in [1.807, 2.05) is 11.8 Å². The zero-order chi connectivity index (χ0) is 14.8. The van der Waals surface area contributed by atoms with Crippen molar-refractivity contribution in [2.75, 3.05) is 25.4 Å². The molecule has 1 heterocycles. The van der Waals surface area contributed by atoms with Crippen LogP contribution in [0, 0.1) is 0 Å². The molecule has 5 nitrogen and oxygen atoms in total. The number of halogens is 1. The Morgan fingerprint density at radius 3 is 2.48 bits per heavy atom. The van der Waals surface area contributed by atoms with Crippen LogP contribution in [0.5, 0.6) is 0 Å². The Kier molecular flexibility index (Phi) is 6.19. The van der Waals surface area contributed by atoms with Gasteiger partial charge in [0.25, 0.3) is 5.91 Å². The van der Waals surface area contributed by atoms with Gasteiger partial charge in [-0.05, 0) is 31.2 Å². The lowest BCUT2D eigenvalue weighted by molar-refractivity contribution is 0.0655. The molecule has 7 heteroatoms. The molecule has 0 unspecified atom stereocenters. The van der Waals surface area contributed by atoms with E-state index in [0.29, 0.717) is 12.1 Å². The number of amides is 1. The molecule has 21 heavy (non-hydrogen) atoms. The highest BCUT2D eigenvalue weighted by Gasteiger charge is 2.24.